The Labute approximate surface area is 162 Å². The first-order valence-corrected chi connectivity index (χ1v) is 9.31. The SMILES string of the molecule is Cc1ccc(C)n1CCCCN1CC=C(c2ccc(Cl)cc2)CC1.Cl. The summed E-state index contributed by atoms with van der Waals surface area (Å²) in [4.78, 5) is 2.56. The van der Waals surface area contributed by atoms with E-state index in [2.05, 4.69) is 53.7 Å². The summed E-state index contributed by atoms with van der Waals surface area (Å²) >= 11 is 5.97. The summed E-state index contributed by atoms with van der Waals surface area (Å²) in [5.74, 6) is 0. The Balaban J connectivity index is 0.00000225. The van der Waals surface area contributed by atoms with E-state index in [0.717, 1.165) is 31.1 Å². The average Bonchev–Trinajstić information content (AvgIpc) is 2.92. The lowest BCUT2D eigenvalue weighted by Crippen LogP contribution is -2.29. The van der Waals surface area contributed by atoms with Crippen LogP contribution in [0, 0.1) is 13.8 Å². The maximum Gasteiger partial charge on any atom is 0.0406 e. The number of aromatic nitrogens is 1. The van der Waals surface area contributed by atoms with Gasteiger partial charge in [0.15, 0.2) is 0 Å². The van der Waals surface area contributed by atoms with Gasteiger partial charge in [-0.2, -0.15) is 0 Å². The van der Waals surface area contributed by atoms with Gasteiger partial charge >= 0.3 is 0 Å². The lowest BCUT2D eigenvalue weighted by Gasteiger charge is -2.26. The Morgan fingerprint density at radius 1 is 0.920 bits per heavy atom. The molecule has 0 amide bonds. The van der Waals surface area contributed by atoms with Gasteiger partial charge in [-0.3, -0.25) is 4.90 Å². The van der Waals surface area contributed by atoms with Gasteiger partial charge in [0.25, 0.3) is 0 Å². The zero-order chi connectivity index (χ0) is 16.9. The number of nitrogens with zero attached hydrogens (tertiary/aromatic N) is 2. The second-order valence-electron chi connectivity index (χ2n) is 6.76. The lowest BCUT2D eigenvalue weighted by molar-refractivity contribution is 0.292. The molecule has 136 valence electrons. The summed E-state index contributed by atoms with van der Waals surface area (Å²) in [6, 6.07) is 12.6. The Bertz CT molecular complexity index is 682. The quantitative estimate of drug-likeness (QED) is 0.580. The molecule has 2 aromatic rings. The molecule has 0 spiro atoms. The van der Waals surface area contributed by atoms with Gasteiger partial charge in [-0.15, -0.1) is 12.4 Å². The molecule has 2 nitrogen and oxygen atoms in total. The van der Waals surface area contributed by atoms with Crippen LogP contribution in [-0.4, -0.2) is 29.1 Å². The van der Waals surface area contributed by atoms with E-state index in [0.29, 0.717) is 0 Å². The Morgan fingerprint density at radius 3 is 2.16 bits per heavy atom. The number of aryl methyl sites for hydroxylation is 2. The van der Waals surface area contributed by atoms with Crippen molar-refractivity contribution in [3.05, 3.63) is 64.4 Å². The first-order chi connectivity index (χ1) is 11.6. The molecule has 25 heavy (non-hydrogen) atoms. The van der Waals surface area contributed by atoms with Gasteiger partial charge in [0.05, 0.1) is 0 Å². The summed E-state index contributed by atoms with van der Waals surface area (Å²) < 4.78 is 2.43. The van der Waals surface area contributed by atoms with Gasteiger partial charge in [0.1, 0.15) is 0 Å². The molecule has 2 heterocycles. The molecule has 0 N–H and O–H groups in total. The molecule has 0 unspecified atom stereocenters. The van der Waals surface area contributed by atoms with Gasteiger partial charge in [0, 0.05) is 36.0 Å². The minimum Gasteiger partial charge on any atom is -0.349 e. The van der Waals surface area contributed by atoms with Crippen LogP contribution in [-0.2, 0) is 6.54 Å². The number of unbranched alkanes of at least 4 members (excludes halogenated alkanes) is 1. The number of rotatable bonds is 6. The molecule has 1 aliphatic heterocycles. The summed E-state index contributed by atoms with van der Waals surface area (Å²) in [5.41, 5.74) is 5.53. The molecular formula is C21H28Cl2N2. The van der Waals surface area contributed by atoms with Crippen LogP contribution in [0.3, 0.4) is 0 Å². The largest absolute Gasteiger partial charge is 0.349 e. The number of halogens is 2. The van der Waals surface area contributed by atoms with E-state index in [1.807, 2.05) is 12.1 Å². The second kappa shape index (κ2) is 9.47. The smallest absolute Gasteiger partial charge is 0.0406 e. The van der Waals surface area contributed by atoms with Crippen molar-refractivity contribution in [1.29, 1.82) is 0 Å². The van der Waals surface area contributed by atoms with Crippen LogP contribution in [0.25, 0.3) is 5.57 Å². The van der Waals surface area contributed by atoms with Crippen molar-refractivity contribution < 1.29 is 0 Å². The molecule has 0 atom stereocenters. The Morgan fingerprint density at radius 2 is 1.56 bits per heavy atom. The normalized spacial score (nSPS) is 14.9. The van der Waals surface area contributed by atoms with Gasteiger partial charge in [-0.25, -0.2) is 0 Å². The fourth-order valence-electron chi connectivity index (χ4n) is 3.50. The molecule has 0 radical (unpaired) electrons. The van der Waals surface area contributed by atoms with E-state index < -0.39 is 0 Å². The molecule has 4 heteroatoms. The van der Waals surface area contributed by atoms with Crippen LogP contribution in [0.5, 0.6) is 0 Å². The second-order valence-corrected chi connectivity index (χ2v) is 7.20. The van der Waals surface area contributed by atoms with Crippen LogP contribution in [0.2, 0.25) is 5.02 Å². The van der Waals surface area contributed by atoms with E-state index in [4.69, 9.17) is 11.6 Å². The fourth-order valence-corrected chi connectivity index (χ4v) is 3.62. The molecule has 0 saturated heterocycles. The third-order valence-electron chi connectivity index (χ3n) is 5.03. The van der Waals surface area contributed by atoms with Gasteiger partial charge in [-0.05, 0) is 75.1 Å². The number of hydrogen-bond donors (Lipinski definition) is 0. The van der Waals surface area contributed by atoms with Gasteiger partial charge in [-0.1, -0.05) is 29.8 Å². The van der Waals surface area contributed by atoms with E-state index in [1.165, 1.54) is 41.9 Å². The third-order valence-corrected chi connectivity index (χ3v) is 5.28. The third kappa shape index (κ3) is 5.37. The van der Waals surface area contributed by atoms with Crippen molar-refractivity contribution in [2.75, 3.05) is 19.6 Å². The van der Waals surface area contributed by atoms with Crippen LogP contribution in [0.1, 0.15) is 36.2 Å². The van der Waals surface area contributed by atoms with Crippen molar-refractivity contribution in [2.24, 2.45) is 0 Å². The van der Waals surface area contributed by atoms with Crippen LogP contribution < -0.4 is 0 Å². The maximum absolute atomic E-state index is 5.97. The van der Waals surface area contributed by atoms with E-state index >= 15 is 0 Å². The monoisotopic (exact) mass is 378 g/mol. The number of benzene rings is 1. The standard InChI is InChI=1S/C21H27ClN2.ClH/c1-17-5-6-18(2)24(17)14-4-3-13-23-15-11-20(12-16-23)19-7-9-21(22)10-8-19;/h5-11H,3-4,12-16H2,1-2H3;1H. The topological polar surface area (TPSA) is 8.17 Å². The Kier molecular flexibility index (Phi) is 7.61. The van der Waals surface area contributed by atoms with Gasteiger partial charge < -0.3 is 4.57 Å². The highest BCUT2D eigenvalue weighted by atomic mass is 35.5. The van der Waals surface area contributed by atoms with Crippen LogP contribution in [0.4, 0.5) is 0 Å². The average molecular weight is 379 g/mol. The first-order valence-electron chi connectivity index (χ1n) is 8.93. The summed E-state index contributed by atoms with van der Waals surface area (Å²) in [6.45, 7) is 8.96. The zero-order valence-corrected chi connectivity index (χ0v) is 16.7. The number of hydrogen-bond acceptors (Lipinski definition) is 1. The molecule has 1 aromatic heterocycles. The van der Waals surface area contributed by atoms with Crippen molar-refractivity contribution in [3.63, 3.8) is 0 Å². The van der Waals surface area contributed by atoms with Crippen molar-refractivity contribution >= 4 is 29.6 Å². The molecule has 1 aromatic carbocycles. The van der Waals surface area contributed by atoms with Crippen molar-refractivity contribution in [2.45, 2.75) is 39.7 Å². The minimum atomic E-state index is 0. The highest BCUT2D eigenvalue weighted by Crippen LogP contribution is 2.23. The zero-order valence-electron chi connectivity index (χ0n) is 15.2. The molecule has 0 saturated carbocycles. The predicted molar refractivity (Wildman–Crippen MR) is 111 cm³/mol. The van der Waals surface area contributed by atoms with Crippen molar-refractivity contribution in [1.82, 2.24) is 9.47 Å². The molecule has 0 aliphatic carbocycles. The summed E-state index contributed by atoms with van der Waals surface area (Å²) in [6.07, 6.45) is 6.03. The van der Waals surface area contributed by atoms with Crippen LogP contribution in [0.15, 0.2) is 42.5 Å². The highest BCUT2D eigenvalue weighted by Gasteiger charge is 2.12. The fraction of sp³-hybridized carbons (Fsp3) is 0.429. The molecule has 3 rings (SSSR count). The van der Waals surface area contributed by atoms with E-state index in [9.17, 15) is 0 Å². The Hall–Kier alpha value is -1.22. The molecule has 0 fully saturated rings. The maximum atomic E-state index is 5.97. The van der Waals surface area contributed by atoms with E-state index in [-0.39, 0.29) is 12.4 Å². The molecule has 1 aliphatic rings. The predicted octanol–water partition coefficient (Wildman–Crippen LogP) is 5.75. The highest BCUT2D eigenvalue weighted by molar-refractivity contribution is 6.30. The summed E-state index contributed by atoms with van der Waals surface area (Å²) in [5, 5.41) is 0.810. The minimum absolute atomic E-state index is 0. The van der Waals surface area contributed by atoms with Crippen molar-refractivity contribution in [3.8, 4) is 0 Å². The summed E-state index contributed by atoms with van der Waals surface area (Å²) in [7, 11) is 0. The molecular weight excluding hydrogens is 351 g/mol. The first kappa shape index (κ1) is 20.1. The van der Waals surface area contributed by atoms with Crippen LogP contribution >= 0.6 is 24.0 Å². The van der Waals surface area contributed by atoms with E-state index in [1.54, 1.807) is 0 Å². The lowest BCUT2D eigenvalue weighted by atomic mass is 9.99. The molecule has 0 bridgehead atoms. The van der Waals surface area contributed by atoms with Gasteiger partial charge in [0.2, 0.25) is 0 Å².